The number of thiol groups is 2. The molecule has 2 unspecified atom stereocenters. The third-order valence-electron chi connectivity index (χ3n) is 6.21. The van der Waals surface area contributed by atoms with E-state index in [2.05, 4.69) is 49.0 Å². The van der Waals surface area contributed by atoms with Crippen molar-refractivity contribution in [3.05, 3.63) is 0 Å². The Balaban J connectivity index is -0.000000564. The van der Waals surface area contributed by atoms with Gasteiger partial charge in [-0.15, -0.1) is 0 Å². The fourth-order valence-electron chi connectivity index (χ4n) is 3.89. The molecule has 0 aromatic heterocycles. The normalized spacial score (nSPS) is 11.8. The molecular weight excluding hydrogens is 607 g/mol. The van der Waals surface area contributed by atoms with Crippen molar-refractivity contribution in [2.75, 3.05) is 0 Å². The molecule has 0 N–H and O–H groups in total. The molecule has 0 rings (SSSR count). The summed E-state index contributed by atoms with van der Waals surface area (Å²) in [7, 11) is 0. The van der Waals surface area contributed by atoms with Crippen molar-refractivity contribution in [1.29, 1.82) is 0 Å². The van der Waals surface area contributed by atoms with Crippen molar-refractivity contribution in [1.82, 2.24) is 0 Å². The molecule has 0 aliphatic heterocycles. The second-order valence-electron chi connectivity index (χ2n) is 10.1. The van der Waals surface area contributed by atoms with Crippen LogP contribution in [0.3, 0.4) is 0 Å². The summed E-state index contributed by atoms with van der Waals surface area (Å²) in [6.07, 6.45) is 26.7. The molecule has 0 heterocycles. The van der Waals surface area contributed by atoms with Gasteiger partial charge in [-0.3, -0.25) is 0 Å². The Hall–Kier alpha value is 0.439. The predicted molar refractivity (Wildman–Crippen MR) is 166 cm³/mol. The fourth-order valence-corrected chi connectivity index (χ4v) is 4.25. The second-order valence-corrected chi connectivity index (χ2v) is 14.2. The molecule has 0 aliphatic carbocycles. The Morgan fingerprint density at radius 3 is 0.892 bits per heavy atom. The third-order valence-corrected chi connectivity index (χ3v) is 7.14. The van der Waals surface area contributed by atoms with Crippen LogP contribution in [0.1, 0.15) is 155 Å². The molecule has 0 spiro atoms. The van der Waals surface area contributed by atoms with E-state index in [0.717, 1.165) is 25.7 Å². The number of carbonyl (C=O) groups is 2. The van der Waals surface area contributed by atoms with E-state index in [1.807, 2.05) is 0 Å². The van der Waals surface area contributed by atoms with Gasteiger partial charge in [-0.05, 0) is 12.8 Å². The number of carboxylic acids is 2. The van der Waals surface area contributed by atoms with Crippen LogP contribution in [0.15, 0.2) is 0 Å². The van der Waals surface area contributed by atoms with Gasteiger partial charge in [-0.2, -0.15) is 25.3 Å². The molecule has 7 heteroatoms. The zero-order chi connectivity index (χ0) is 28.6. The van der Waals surface area contributed by atoms with Crippen molar-refractivity contribution in [3.63, 3.8) is 0 Å². The molecular formula is C30H60O4S2Sn. The summed E-state index contributed by atoms with van der Waals surface area (Å²) in [4.78, 5) is 25.4. The number of carbonyl (C=O) groups excluding carboxylic acids is 2. The third kappa shape index (κ3) is 41.1. The van der Waals surface area contributed by atoms with Crippen molar-refractivity contribution in [2.45, 2.75) is 175 Å². The topological polar surface area (TPSA) is 80.3 Å². The van der Waals surface area contributed by atoms with E-state index >= 15 is 0 Å². The number of rotatable bonds is 24. The van der Waals surface area contributed by atoms with E-state index in [4.69, 9.17) is 0 Å². The average molecular weight is 668 g/mol. The summed E-state index contributed by atoms with van der Waals surface area (Å²) in [6, 6.07) is 0. The molecule has 0 saturated heterocycles. The quantitative estimate of drug-likeness (QED) is 0.0636. The Morgan fingerprint density at radius 1 is 0.514 bits per heavy atom. The molecule has 0 aliphatic rings. The van der Waals surface area contributed by atoms with Gasteiger partial charge in [0.25, 0.3) is 0 Å². The van der Waals surface area contributed by atoms with Crippen LogP contribution in [-0.4, -0.2) is 43.6 Å². The number of unbranched alkanes of at least 4 members (excludes halogenated alkanes) is 18. The van der Waals surface area contributed by atoms with Crippen molar-refractivity contribution < 1.29 is 19.8 Å². The van der Waals surface area contributed by atoms with E-state index in [-0.39, 0.29) is 21.1 Å². The fraction of sp³-hybridized carbons (Fsp3) is 0.933. The number of carboxylic acid groups (broad SMARTS) is 2. The second kappa shape index (κ2) is 36.4. The molecule has 0 radical (unpaired) electrons. The first kappa shape index (κ1) is 41.9. The van der Waals surface area contributed by atoms with Crippen LogP contribution < -0.4 is 10.2 Å². The first-order valence-electron chi connectivity index (χ1n) is 15.1. The first-order valence-corrected chi connectivity index (χ1v) is 21.9. The Morgan fingerprint density at radius 2 is 0.703 bits per heavy atom. The minimum atomic E-state index is -1.04. The van der Waals surface area contributed by atoms with Gasteiger partial charge in [0.15, 0.2) is 0 Å². The monoisotopic (exact) mass is 668 g/mol. The maximum atomic E-state index is 10.4. The Kier molecular flexibility index (Phi) is 41.3. The first-order chi connectivity index (χ1) is 17.8. The molecule has 220 valence electrons. The van der Waals surface area contributed by atoms with E-state index in [0.29, 0.717) is 12.8 Å². The maximum absolute atomic E-state index is 10.4. The zero-order valence-electron chi connectivity index (χ0n) is 24.7. The van der Waals surface area contributed by atoms with Gasteiger partial charge in [0.2, 0.25) is 0 Å². The molecule has 0 fully saturated rings. The van der Waals surface area contributed by atoms with E-state index in [1.54, 1.807) is 0 Å². The summed E-state index contributed by atoms with van der Waals surface area (Å²) in [5.74, 6) is -2.08. The van der Waals surface area contributed by atoms with Crippen molar-refractivity contribution in [2.24, 2.45) is 0 Å². The van der Waals surface area contributed by atoms with Crippen LogP contribution in [-0.2, 0) is 9.59 Å². The summed E-state index contributed by atoms with van der Waals surface area (Å²) in [5, 5.41) is 19.6. The van der Waals surface area contributed by atoms with Crippen LogP contribution in [0.2, 0.25) is 9.88 Å². The molecule has 0 aromatic rings. The summed E-state index contributed by atoms with van der Waals surface area (Å²) >= 11 is 8.14. The summed E-state index contributed by atoms with van der Waals surface area (Å²) in [6.45, 7) is 4.47. The number of hydrogen-bond acceptors (Lipinski definition) is 6. The minimum absolute atomic E-state index is 0.230. The van der Waals surface area contributed by atoms with Crippen LogP contribution >= 0.6 is 25.3 Å². The van der Waals surface area contributed by atoms with Gasteiger partial charge in [-0.25, -0.2) is 0 Å². The molecule has 0 bridgehead atoms. The SMILES string of the molecule is CCCCCCCCCCCCC(S)C(=O)[O-].CCCCCCCCCCCCC(S)C(=O)[O-].[CH3][Sn+2][CH3]. The van der Waals surface area contributed by atoms with E-state index in [1.165, 1.54) is 103 Å². The van der Waals surface area contributed by atoms with Crippen molar-refractivity contribution >= 4 is 58.3 Å². The molecule has 2 atom stereocenters. The van der Waals surface area contributed by atoms with Crippen LogP contribution in [0, 0.1) is 0 Å². The molecule has 0 amide bonds. The predicted octanol–water partition coefficient (Wildman–Crippen LogP) is 7.48. The molecule has 0 aromatic carbocycles. The van der Waals surface area contributed by atoms with Crippen molar-refractivity contribution in [3.8, 4) is 0 Å². The van der Waals surface area contributed by atoms with Crippen LogP contribution in [0.4, 0.5) is 0 Å². The Bertz CT molecular complexity index is 427. The van der Waals surface area contributed by atoms with E-state index in [9.17, 15) is 19.8 Å². The van der Waals surface area contributed by atoms with Gasteiger partial charge < -0.3 is 19.8 Å². The van der Waals surface area contributed by atoms with Gasteiger partial charge >= 0.3 is 31.0 Å². The van der Waals surface area contributed by atoms with Crippen LogP contribution in [0.5, 0.6) is 0 Å². The Labute approximate surface area is 252 Å². The van der Waals surface area contributed by atoms with E-state index < -0.39 is 22.4 Å². The number of aliphatic carboxylic acids is 2. The molecule has 37 heavy (non-hydrogen) atoms. The van der Waals surface area contributed by atoms with Crippen LogP contribution in [0.25, 0.3) is 0 Å². The summed E-state index contributed by atoms with van der Waals surface area (Å²) in [5.41, 5.74) is 0. The zero-order valence-corrected chi connectivity index (χ0v) is 29.4. The summed E-state index contributed by atoms with van der Waals surface area (Å²) < 4.78 is 0. The van der Waals surface area contributed by atoms with Gasteiger partial charge in [-0.1, -0.05) is 142 Å². The van der Waals surface area contributed by atoms with Gasteiger partial charge in [0.1, 0.15) is 0 Å². The number of hydrogen-bond donors (Lipinski definition) is 2. The standard InChI is InChI=1S/2C14H28O2S.2CH3.Sn/c2*1-2-3-4-5-6-7-8-9-10-11-12-13(17)14(15)16;;;/h2*13,17H,2-12H2,1H3,(H,15,16);2*1H3;/q;;;;+2/p-2. The van der Waals surface area contributed by atoms with Gasteiger partial charge in [0.05, 0.1) is 11.9 Å². The molecule has 4 nitrogen and oxygen atoms in total. The average Bonchev–Trinajstić information content (AvgIpc) is 2.86. The molecule has 0 saturated carbocycles. The van der Waals surface area contributed by atoms with Gasteiger partial charge in [0, 0.05) is 10.5 Å².